The summed E-state index contributed by atoms with van der Waals surface area (Å²) in [5.74, 6) is -0.0346. The molecule has 4 nitrogen and oxygen atoms in total. The van der Waals surface area contributed by atoms with E-state index in [1.807, 2.05) is 0 Å². The molecule has 0 fully saturated rings. The van der Waals surface area contributed by atoms with Crippen LogP contribution in [-0.2, 0) is 4.79 Å². The number of hydrogen-bond donors (Lipinski definition) is 2. The summed E-state index contributed by atoms with van der Waals surface area (Å²) in [5.41, 5.74) is 0.826. The van der Waals surface area contributed by atoms with Crippen molar-refractivity contribution >= 4 is 23.2 Å². The van der Waals surface area contributed by atoms with Crippen LogP contribution >= 0.6 is 11.6 Å². The Morgan fingerprint density at radius 2 is 2.36 bits per heavy atom. The zero-order valence-corrected chi connectivity index (χ0v) is 8.64. The number of carbonyl (C=O) groups excluding carboxylic acids is 1. The van der Waals surface area contributed by atoms with Crippen LogP contribution in [0.5, 0.6) is 0 Å². The summed E-state index contributed by atoms with van der Waals surface area (Å²) in [7, 11) is 0. The fourth-order valence-corrected chi connectivity index (χ4v) is 1.14. The van der Waals surface area contributed by atoms with E-state index >= 15 is 0 Å². The Labute approximate surface area is 87.7 Å². The van der Waals surface area contributed by atoms with Gasteiger partial charge >= 0.3 is 0 Å². The molecule has 0 saturated carbocycles. The Kier molecular flexibility index (Phi) is 4.19. The van der Waals surface area contributed by atoms with Gasteiger partial charge in [0.2, 0.25) is 5.91 Å². The van der Waals surface area contributed by atoms with Crippen LogP contribution in [-0.4, -0.2) is 24.0 Å². The van der Waals surface area contributed by atoms with Gasteiger partial charge in [0.15, 0.2) is 0 Å². The van der Waals surface area contributed by atoms with Crippen LogP contribution in [0, 0.1) is 0 Å². The predicted molar refractivity (Wildman–Crippen MR) is 56.4 cm³/mol. The van der Waals surface area contributed by atoms with E-state index in [1.165, 1.54) is 6.92 Å². The Morgan fingerprint density at radius 3 is 3.00 bits per heavy atom. The third-order valence-electron chi connectivity index (χ3n) is 1.59. The van der Waals surface area contributed by atoms with Gasteiger partial charge in [0.25, 0.3) is 0 Å². The molecule has 0 aromatic carbocycles. The van der Waals surface area contributed by atoms with Gasteiger partial charge in [0, 0.05) is 32.4 Å². The molecular formula is C9H12ClN3O. The minimum absolute atomic E-state index is 0.0346. The van der Waals surface area contributed by atoms with E-state index in [2.05, 4.69) is 15.6 Å². The van der Waals surface area contributed by atoms with Crippen LogP contribution in [0.4, 0.5) is 5.69 Å². The molecule has 1 heterocycles. The van der Waals surface area contributed by atoms with Crippen LogP contribution in [0.3, 0.4) is 0 Å². The molecule has 76 valence electrons. The summed E-state index contributed by atoms with van der Waals surface area (Å²) in [6.45, 7) is 2.71. The molecule has 2 N–H and O–H groups in total. The molecule has 1 rings (SSSR count). The molecule has 0 aliphatic carbocycles. The highest BCUT2D eigenvalue weighted by Crippen LogP contribution is 2.18. The number of carbonyl (C=O) groups is 1. The van der Waals surface area contributed by atoms with Crippen LogP contribution in [0.25, 0.3) is 0 Å². The summed E-state index contributed by atoms with van der Waals surface area (Å²) < 4.78 is 0. The Morgan fingerprint density at radius 1 is 1.57 bits per heavy atom. The first-order valence-corrected chi connectivity index (χ1v) is 4.66. The maximum atomic E-state index is 10.5. The van der Waals surface area contributed by atoms with Gasteiger partial charge in [-0.05, 0) is 6.07 Å². The second-order valence-electron chi connectivity index (χ2n) is 2.77. The number of anilines is 1. The number of rotatable bonds is 4. The average molecular weight is 214 g/mol. The van der Waals surface area contributed by atoms with Crippen molar-refractivity contribution in [2.45, 2.75) is 6.92 Å². The van der Waals surface area contributed by atoms with Crippen LogP contribution in [0.1, 0.15) is 6.92 Å². The normalized spacial score (nSPS) is 9.57. The maximum absolute atomic E-state index is 10.5. The summed E-state index contributed by atoms with van der Waals surface area (Å²) in [6, 6.07) is 1.79. The highest BCUT2D eigenvalue weighted by molar-refractivity contribution is 6.33. The first kappa shape index (κ1) is 10.8. The molecule has 0 saturated heterocycles. The van der Waals surface area contributed by atoms with E-state index in [0.29, 0.717) is 18.1 Å². The van der Waals surface area contributed by atoms with E-state index in [-0.39, 0.29) is 5.91 Å². The van der Waals surface area contributed by atoms with E-state index in [4.69, 9.17) is 11.6 Å². The molecule has 0 bridgehead atoms. The quantitative estimate of drug-likeness (QED) is 0.741. The van der Waals surface area contributed by atoms with E-state index < -0.39 is 0 Å². The third-order valence-corrected chi connectivity index (χ3v) is 1.89. The average Bonchev–Trinajstić information content (AvgIpc) is 2.15. The fraction of sp³-hybridized carbons (Fsp3) is 0.333. The zero-order chi connectivity index (χ0) is 10.4. The van der Waals surface area contributed by atoms with Crippen LogP contribution < -0.4 is 10.6 Å². The lowest BCUT2D eigenvalue weighted by molar-refractivity contribution is -0.118. The van der Waals surface area contributed by atoms with Crippen molar-refractivity contribution in [2.24, 2.45) is 0 Å². The number of amides is 1. The largest absolute Gasteiger partial charge is 0.382 e. The van der Waals surface area contributed by atoms with Crippen molar-refractivity contribution in [2.75, 3.05) is 18.4 Å². The van der Waals surface area contributed by atoms with Crippen molar-refractivity contribution in [1.82, 2.24) is 10.3 Å². The third kappa shape index (κ3) is 3.62. The molecule has 1 aromatic rings. The second-order valence-corrected chi connectivity index (χ2v) is 3.17. The van der Waals surface area contributed by atoms with Gasteiger partial charge in [0.1, 0.15) is 0 Å². The number of nitrogens with zero attached hydrogens (tertiary/aromatic N) is 1. The number of aromatic nitrogens is 1. The highest BCUT2D eigenvalue weighted by Gasteiger charge is 1.97. The molecule has 5 heteroatoms. The molecule has 0 aliphatic heterocycles. The SMILES string of the molecule is CC(=O)NCCNc1ccncc1Cl. The predicted octanol–water partition coefficient (Wildman–Crippen LogP) is 1.28. The van der Waals surface area contributed by atoms with E-state index in [1.54, 1.807) is 18.5 Å². The zero-order valence-electron chi connectivity index (χ0n) is 7.88. The minimum Gasteiger partial charge on any atom is -0.382 e. The molecule has 0 spiro atoms. The van der Waals surface area contributed by atoms with Gasteiger partial charge in [-0.15, -0.1) is 0 Å². The van der Waals surface area contributed by atoms with Crippen molar-refractivity contribution in [1.29, 1.82) is 0 Å². The number of nitrogens with one attached hydrogen (secondary N) is 2. The van der Waals surface area contributed by atoms with Crippen molar-refractivity contribution in [3.8, 4) is 0 Å². The lowest BCUT2D eigenvalue weighted by Crippen LogP contribution is -2.26. The smallest absolute Gasteiger partial charge is 0.216 e. The second kappa shape index (κ2) is 5.44. The Hall–Kier alpha value is -1.29. The summed E-state index contributed by atoms with van der Waals surface area (Å²) in [6.07, 6.45) is 3.23. The van der Waals surface area contributed by atoms with Gasteiger partial charge in [0.05, 0.1) is 10.7 Å². The van der Waals surface area contributed by atoms with E-state index in [0.717, 1.165) is 5.69 Å². The molecule has 1 amide bonds. The number of pyridine rings is 1. The Balaban J connectivity index is 2.31. The molecule has 0 atom stereocenters. The number of hydrogen-bond acceptors (Lipinski definition) is 3. The lowest BCUT2D eigenvalue weighted by atomic mass is 10.4. The van der Waals surface area contributed by atoms with Crippen LogP contribution in [0.15, 0.2) is 18.5 Å². The highest BCUT2D eigenvalue weighted by atomic mass is 35.5. The molecule has 1 aromatic heterocycles. The first-order valence-electron chi connectivity index (χ1n) is 4.28. The molecule has 0 radical (unpaired) electrons. The molecular weight excluding hydrogens is 202 g/mol. The van der Waals surface area contributed by atoms with Crippen molar-refractivity contribution < 1.29 is 4.79 Å². The summed E-state index contributed by atoms with van der Waals surface area (Å²) >= 11 is 5.85. The van der Waals surface area contributed by atoms with Gasteiger partial charge in [-0.25, -0.2) is 0 Å². The molecule has 0 unspecified atom stereocenters. The molecule has 0 aliphatic rings. The maximum Gasteiger partial charge on any atom is 0.216 e. The summed E-state index contributed by atoms with van der Waals surface area (Å²) in [5, 5.41) is 6.34. The van der Waals surface area contributed by atoms with Crippen molar-refractivity contribution in [3.63, 3.8) is 0 Å². The van der Waals surface area contributed by atoms with Crippen molar-refractivity contribution in [3.05, 3.63) is 23.5 Å². The van der Waals surface area contributed by atoms with Gasteiger partial charge in [-0.3, -0.25) is 9.78 Å². The Bertz CT molecular complexity index is 317. The van der Waals surface area contributed by atoms with Gasteiger partial charge in [-0.1, -0.05) is 11.6 Å². The molecule has 14 heavy (non-hydrogen) atoms. The number of halogens is 1. The van der Waals surface area contributed by atoms with Gasteiger partial charge in [-0.2, -0.15) is 0 Å². The first-order chi connectivity index (χ1) is 6.70. The summed E-state index contributed by atoms with van der Waals surface area (Å²) in [4.78, 5) is 14.4. The monoisotopic (exact) mass is 213 g/mol. The minimum atomic E-state index is -0.0346. The van der Waals surface area contributed by atoms with Gasteiger partial charge < -0.3 is 10.6 Å². The fourth-order valence-electron chi connectivity index (χ4n) is 0.954. The topological polar surface area (TPSA) is 54.0 Å². The van der Waals surface area contributed by atoms with E-state index in [9.17, 15) is 4.79 Å². The lowest BCUT2D eigenvalue weighted by Gasteiger charge is -2.07. The standard InChI is InChI=1S/C9H12ClN3O/c1-7(14)12-4-5-13-9-2-3-11-6-8(9)10/h2-3,6H,4-5H2,1H3,(H,11,13)(H,12,14). The van der Waals surface area contributed by atoms with Crippen LogP contribution in [0.2, 0.25) is 5.02 Å².